The van der Waals surface area contributed by atoms with Gasteiger partial charge in [-0.1, -0.05) is 194 Å². The van der Waals surface area contributed by atoms with E-state index in [1.54, 1.807) is 0 Å². The summed E-state index contributed by atoms with van der Waals surface area (Å²) >= 11 is 0. The lowest BCUT2D eigenvalue weighted by molar-refractivity contribution is 1.63. The summed E-state index contributed by atoms with van der Waals surface area (Å²) in [6.45, 7) is 0. The van der Waals surface area contributed by atoms with Gasteiger partial charge in [-0.15, -0.1) is 0 Å². The highest BCUT2D eigenvalue weighted by molar-refractivity contribution is 6.23. The average molecular weight is 609 g/mol. The Hall–Kier alpha value is -6.24. The summed E-state index contributed by atoms with van der Waals surface area (Å²) in [4.78, 5) is 0. The second-order valence-electron chi connectivity index (χ2n) is 12.4. The van der Waals surface area contributed by atoms with Crippen LogP contribution in [-0.4, -0.2) is 0 Å². The Labute approximate surface area is 280 Å². The van der Waals surface area contributed by atoms with Crippen LogP contribution in [0.15, 0.2) is 182 Å². The number of hydrogen-bond acceptors (Lipinski definition) is 0. The first-order valence-corrected chi connectivity index (χ1v) is 16.6. The Balaban J connectivity index is 1.14. The second-order valence-corrected chi connectivity index (χ2v) is 12.4. The Morgan fingerprint density at radius 3 is 1.50 bits per heavy atom. The van der Waals surface area contributed by atoms with Crippen molar-refractivity contribution in [3.63, 3.8) is 0 Å². The van der Waals surface area contributed by atoms with E-state index in [9.17, 15) is 0 Å². The summed E-state index contributed by atoms with van der Waals surface area (Å²) in [5.74, 6) is 0. The molecule has 0 heteroatoms. The highest BCUT2D eigenvalue weighted by Crippen LogP contribution is 2.45. The van der Waals surface area contributed by atoms with Crippen LogP contribution in [0.1, 0.15) is 11.1 Å². The molecule has 0 amide bonds. The van der Waals surface area contributed by atoms with E-state index in [-0.39, 0.29) is 0 Å². The monoisotopic (exact) mass is 608 g/mol. The quantitative estimate of drug-likeness (QED) is 0.135. The van der Waals surface area contributed by atoms with Crippen LogP contribution in [0.2, 0.25) is 0 Å². The summed E-state index contributed by atoms with van der Waals surface area (Å²) in [5, 5.41) is 10.2. The van der Waals surface area contributed by atoms with Crippen LogP contribution in [-0.2, 0) is 0 Å². The van der Waals surface area contributed by atoms with Gasteiger partial charge in [-0.05, 0) is 87.6 Å². The second kappa shape index (κ2) is 11.8. The molecule has 0 bridgehead atoms. The molecule has 0 nitrogen and oxygen atoms in total. The molecule has 224 valence electrons. The van der Waals surface area contributed by atoms with E-state index >= 15 is 0 Å². The molecule has 48 heavy (non-hydrogen) atoms. The maximum atomic E-state index is 2.28. The average Bonchev–Trinajstić information content (AvgIpc) is 3.16. The van der Waals surface area contributed by atoms with E-state index in [4.69, 9.17) is 0 Å². The van der Waals surface area contributed by atoms with Crippen molar-refractivity contribution in [3.05, 3.63) is 193 Å². The van der Waals surface area contributed by atoms with E-state index < -0.39 is 0 Å². The van der Waals surface area contributed by atoms with Gasteiger partial charge in [0.15, 0.2) is 0 Å². The number of fused-ring (bicyclic) bond motifs is 4. The van der Waals surface area contributed by atoms with Crippen LogP contribution in [0.3, 0.4) is 0 Å². The van der Waals surface area contributed by atoms with Gasteiger partial charge in [-0.3, -0.25) is 0 Å². The van der Waals surface area contributed by atoms with Crippen LogP contribution in [0, 0.1) is 0 Å². The number of benzene rings is 9. The highest BCUT2D eigenvalue weighted by Gasteiger charge is 2.17. The standard InChI is InChI=1S/C48H32/c1-2-13-34(14-3-1)40-32-31-36(38-17-6-7-19-41(38)40)28-25-33-26-29-37(30-27-33)47-43-20-8-10-22-45(43)48(46-23-11-9-21-44(46)47)42-24-12-16-35-15-4-5-18-39(35)42/h1-32H/b28-25+. The van der Waals surface area contributed by atoms with Crippen LogP contribution >= 0.6 is 0 Å². The third-order valence-electron chi connectivity index (χ3n) is 9.69. The van der Waals surface area contributed by atoms with E-state index in [0.717, 1.165) is 0 Å². The number of rotatable bonds is 5. The lowest BCUT2D eigenvalue weighted by Crippen LogP contribution is -1.91. The maximum absolute atomic E-state index is 2.28. The van der Waals surface area contributed by atoms with Gasteiger partial charge in [-0.25, -0.2) is 0 Å². The summed E-state index contributed by atoms with van der Waals surface area (Å²) in [5.41, 5.74) is 9.98. The minimum absolute atomic E-state index is 1.18. The van der Waals surface area contributed by atoms with E-state index in [1.807, 2.05) is 0 Å². The molecule has 0 atom stereocenters. The summed E-state index contributed by atoms with van der Waals surface area (Å²) in [7, 11) is 0. The van der Waals surface area contributed by atoms with Gasteiger partial charge in [-0.2, -0.15) is 0 Å². The van der Waals surface area contributed by atoms with Gasteiger partial charge in [0.25, 0.3) is 0 Å². The molecule has 0 spiro atoms. The molecular weight excluding hydrogens is 577 g/mol. The van der Waals surface area contributed by atoms with Crippen LogP contribution in [0.25, 0.3) is 88.6 Å². The Morgan fingerprint density at radius 1 is 0.271 bits per heavy atom. The first-order chi connectivity index (χ1) is 23.8. The van der Waals surface area contributed by atoms with Crippen molar-refractivity contribution in [2.24, 2.45) is 0 Å². The Bertz CT molecular complexity index is 2580. The van der Waals surface area contributed by atoms with Crippen LogP contribution in [0.5, 0.6) is 0 Å². The molecule has 9 aromatic rings. The van der Waals surface area contributed by atoms with E-state index in [2.05, 4.69) is 194 Å². The molecule has 0 radical (unpaired) electrons. The molecular formula is C48H32. The molecule has 0 saturated heterocycles. The first kappa shape index (κ1) is 28.0. The van der Waals surface area contributed by atoms with Gasteiger partial charge in [0, 0.05) is 0 Å². The minimum atomic E-state index is 1.18. The van der Waals surface area contributed by atoms with E-state index in [1.165, 1.54) is 87.6 Å². The number of hydrogen-bond donors (Lipinski definition) is 0. The minimum Gasteiger partial charge on any atom is -0.0622 e. The lowest BCUT2D eigenvalue weighted by atomic mass is 9.84. The van der Waals surface area contributed by atoms with Crippen molar-refractivity contribution in [1.82, 2.24) is 0 Å². The van der Waals surface area contributed by atoms with Gasteiger partial charge in [0.05, 0.1) is 0 Å². The Kier molecular flexibility index (Phi) is 6.91. The van der Waals surface area contributed by atoms with Crippen molar-refractivity contribution < 1.29 is 0 Å². The summed E-state index contributed by atoms with van der Waals surface area (Å²) in [6.07, 6.45) is 4.48. The predicted octanol–water partition coefficient (Wildman–Crippen LogP) is 13.5. The van der Waals surface area contributed by atoms with Crippen molar-refractivity contribution in [3.8, 4) is 33.4 Å². The van der Waals surface area contributed by atoms with Crippen molar-refractivity contribution in [2.75, 3.05) is 0 Å². The molecule has 9 rings (SSSR count). The molecule has 0 heterocycles. The van der Waals surface area contributed by atoms with Crippen molar-refractivity contribution >= 4 is 55.2 Å². The molecule has 0 aliphatic heterocycles. The summed E-state index contributed by atoms with van der Waals surface area (Å²) in [6, 6.07) is 66.1. The summed E-state index contributed by atoms with van der Waals surface area (Å²) < 4.78 is 0. The topological polar surface area (TPSA) is 0 Å². The SMILES string of the molecule is C(=C\c1ccc(-c2ccccc2)c2ccccc12)/c1ccc(-c2c3ccccc3c(-c3cccc4ccccc34)c3ccccc23)cc1. The zero-order valence-electron chi connectivity index (χ0n) is 26.5. The van der Waals surface area contributed by atoms with Gasteiger partial charge < -0.3 is 0 Å². The molecule has 0 aromatic heterocycles. The third kappa shape index (κ3) is 4.78. The molecule has 0 N–H and O–H groups in total. The van der Waals surface area contributed by atoms with Crippen LogP contribution < -0.4 is 0 Å². The molecule has 0 fully saturated rings. The zero-order chi connectivity index (χ0) is 31.9. The fourth-order valence-electron chi connectivity index (χ4n) is 7.46. The van der Waals surface area contributed by atoms with Gasteiger partial charge in [0.2, 0.25) is 0 Å². The highest BCUT2D eigenvalue weighted by atomic mass is 14.2. The predicted molar refractivity (Wildman–Crippen MR) is 208 cm³/mol. The Morgan fingerprint density at radius 2 is 0.812 bits per heavy atom. The van der Waals surface area contributed by atoms with Crippen molar-refractivity contribution in [1.29, 1.82) is 0 Å². The fourth-order valence-corrected chi connectivity index (χ4v) is 7.46. The normalized spacial score (nSPS) is 11.7. The zero-order valence-corrected chi connectivity index (χ0v) is 26.5. The largest absolute Gasteiger partial charge is 0.0622 e. The lowest BCUT2D eigenvalue weighted by Gasteiger charge is -2.18. The molecule has 0 aliphatic rings. The molecule has 0 unspecified atom stereocenters. The van der Waals surface area contributed by atoms with Gasteiger partial charge in [0.1, 0.15) is 0 Å². The third-order valence-corrected chi connectivity index (χ3v) is 9.69. The first-order valence-electron chi connectivity index (χ1n) is 16.6. The maximum Gasteiger partial charge on any atom is -0.00201 e. The molecule has 0 aliphatic carbocycles. The van der Waals surface area contributed by atoms with Gasteiger partial charge >= 0.3 is 0 Å². The van der Waals surface area contributed by atoms with Crippen molar-refractivity contribution in [2.45, 2.75) is 0 Å². The smallest absolute Gasteiger partial charge is 0.00201 e. The molecule has 0 saturated carbocycles. The van der Waals surface area contributed by atoms with E-state index in [0.29, 0.717) is 0 Å². The van der Waals surface area contributed by atoms with Crippen LogP contribution in [0.4, 0.5) is 0 Å². The molecule has 9 aromatic carbocycles. The fraction of sp³-hybridized carbons (Fsp3) is 0.